The van der Waals surface area contributed by atoms with Crippen molar-refractivity contribution in [3.8, 4) is 0 Å². The van der Waals surface area contributed by atoms with Crippen molar-refractivity contribution in [2.45, 2.75) is 13.8 Å². The Balaban J connectivity index is 2.09. The van der Waals surface area contributed by atoms with E-state index in [1.807, 2.05) is 0 Å². The molecule has 1 aromatic heterocycles. The van der Waals surface area contributed by atoms with E-state index in [-0.39, 0.29) is 18.1 Å². The molecule has 2 rings (SSSR count). The average Bonchev–Trinajstić information content (AvgIpc) is 2.87. The van der Waals surface area contributed by atoms with Gasteiger partial charge < -0.3 is 14.5 Å². The third-order valence-electron chi connectivity index (χ3n) is 3.53. The van der Waals surface area contributed by atoms with Gasteiger partial charge in [0.2, 0.25) is 0 Å². The minimum Gasteiger partial charge on any atom is -0.465 e. The van der Waals surface area contributed by atoms with Crippen LogP contribution in [0, 0.1) is 13.8 Å². The molecule has 126 valence electrons. The number of aryl methyl sites for hydroxylation is 1. The molecule has 0 saturated carbocycles. The highest BCUT2D eigenvalue weighted by molar-refractivity contribution is 9.10. The van der Waals surface area contributed by atoms with E-state index in [9.17, 15) is 14.4 Å². The Hall–Kier alpha value is -2.41. The Morgan fingerprint density at radius 3 is 2.29 bits per heavy atom. The molecular weight excluding hydrogens is 378 g/mol. The van der Waals surface area contributed by atoms with Gasteiger partial charge in [-0.15, -0.1) is 0 Å². The van der Waals surface area contributed by atoms with Crippen molar-refractivity contribution in [1.29, 1.82) is 0 Å². The fourth-order valence-corrected chi connectivity index (χ4v) is 2.55. The number of aromatic amines is 1. The van der Waals surface area contributed by atoms with Crippen LogP contribution < -0.4 is 0 Å². The third-order valence-corrected chi connectivity index (χ3v) is 4.06. The Kier molecular flexibility index (Phi) is 5.56. The molecule has 0 saturated heterocycles. The van der Waals surface area contributed by atoms with Crippen LogP contribution in [0.15, 0.2) is 28.7 Å². The van der Waals surface area contributed by atoms with Crippen LogP contribution in [-0.2, 0) is 9.47 Å². The van der Waals surface area contributed by atoms with Gasteiger partial charge in [-0.1, -0.05) is 28.1 Å². The van der Waals surface area contributed by atoms with Gasteiger partial charge in [0.1, 0.15) is 5.69 Å². The van der Waals surface area contributed by atoms with Crippen LogP contribution in [0.4, 0.5) is 0 Å². The number of halogens is 1. The standard InChI is InChI=1S/C17H16BrNO5/c1-9-14(16(21)23-3)10(2)19-15(9)17(22)24-8-13(20)11-4-6-12(18)7-5-11/h4-7,19H,8H2,1-3H3. The highest BCUT2D eigenvalue weighted by Gasteiger charge is 2.23. The summed E-state index contributed by atoms with van der Waals surface area (Å²) in [5.74, 6) is -1.55. The number of Topliss-reactive ketones (excluding diaryl/α,β-unsaturated/α-hetero) is 1. The molecule has 0 atom stereocenters. The van der Waals surface area contributed by atoms with E-state index >= 15 is 0 Å². The van der Waals surface area contributed by atoms with Gasteiger partial charge in [-0.25, -0.2) is 9.59 Å². The zero-order valence-corrected chi connectivity index (χ0v) is 15.0. The first-order chi connectivity index (χ1) is 11.3. The van der Waals surface area contributed by atoms with Crippen LogP contribution in [0.25, 0.3) is 0 Å². The molecule has 2 aromatic rings. The van der Waals surface area contributed by atoms with E-state index in [0.717, 1.165) is 4.47 Å². The van der Waals surface area contributed by atoms with E-state index in [0.29, 0.717) is 22.4 Å². The molecule has 0 aliphatic heterocycles. The molecule has 0 spiro atoms. The maximum Gasteiger partial charge on any atom is 0.355 e. The van der Waals surface area contributed by atoms with Crippen molar-refractivity contribution in [3.63, 3.8) is 0 Å². The number of carbonyl (C=O) groups excluding carboxylic acids is 3. The van der Waals surface area contributed by atoms with Gasteiger partial charge in [0, 0.05) is 15.7 Å². The number of hydrogen-bond acceptors (Lipinski definition) is 5. The first kappa shape index (κ1) is 17.9. The van der Waals surface area contributed by atoms with Crippen LogP contribution in [0.2, 0.25) is 0 Å². The fraction of sp³-hybridized carbons (Fsp3) is 0.235. The summed E-state index contributed by atoms with van der Waals surface area (Å²) >= 11 is 3.28. The number of benzene rings is 1. The number of aromatic nitrogens is 1. The molecule has 7 heteroatoms. The molecule has 1 heterocycles. The molecular formula is C17H16BrNO5. The van der Waals surface area contributed by atoms with Gasteiger partial charge in [0.15, 0.2) is 12.4 Å². The van der Waals surface area contributed by atoms with E-state index in [1.54, 1.807) is 38.1 Å². The van der Waals surface area contributed by atoms with E-state index < -0.39 is 11.9 Å². The molecule has 1 N–H and O–H groups in total. The summed E-state index contributed by atoms with van der Waals surface area (Å²) < 4.78 is 10.6. The van der Waals surface area contributed by atoms with Gasteiger partial charge >= 0.3 is 11.9 Å². The van der Waals surface area contributed by atoms with E-state index in [2.05, 4.69) is 25.7 Å². The Labute approximate surface area is 147 Å². The normalized spacial score (nSPS) is 10.3. The van der Waals surface area contributed by atoms with Gasteiger partial charge in [-0.3, -0.25) is 4.79 Å². The zero-order chi connectivity index (χ0) is 17.9. The number of ether oxygens (including phenoxy) is 2. The number of esters is 2. The summed E-state index contributed by atoms with van der Waals surface area (Å²) in [4.78, 5) is 38.7. The Morgan fingerprint density at radius 1 is 1.08 bits per heavy atom. The number of rotatable bonds is 5. The van der Waals surface area contributed by atoms with Gasteiger partial charge in [0.25, 0.3) is 0 Å². The van der Waals surface area contributed by atoms with Crippen molar-refractivity contribution in [1.82, 2.24) is 4.98 Å². The minimum atomic E-state index is -0.698. The smallest absolute Gasteiger partial charge is 0.355 e. The van der Waals surface area contributed by atoms with Crippen molar-refractivity contribution < 1.29 is 23.9 Å². The number of ketones is 1. The van der Waals surface area contributed by atoms with Crippen LogP contribution in [0.5, 0.6) is 0 Å². The molecule has 0 unspecified atom stereocenters. The van der Waals surface area contributed by atoms with Gasteiger partial charge in [0.05, 0.1) is 12.7 Å². The second-order valence-corrected chi connectivity index (χ2v) is 6.04. The number of nitrogens with one attached hydrogen (secondary N) is 1. The number of methoxy groups -OCH3 is 1. The first-order valence-electron chi connectivity index (χ1n) is 7.08. The monoisotopic (exact) mass is 393 g/mol. The van der Waals surface area contributed by atoms with Crippen LogP contribution in [0.1, 0.15) is 42.5 Å². The maximum absolute atomic E-state index is 12.2. The molecule has 0 aliphatic rings. The second kappa shape index (κ2) is 7.44. The summed E-state index contributed by atoms with van der Waals surface area (Å²) in [6.45, 7) is 2.89. The second-order valence-electron chi connectivity index (χ2n) is 5.12. The minimum absolute atomic E-state index is 0.136. The van der Waals surface area contributed by atoms with E-state index in [1.165, 1.54) is 7.11 Å². The molecule has 0 aliphatic carbocycles. The van der Waals surface area contributed by atoms with E-state index in [4.69, 9.17) is 4.74 Å². The van der Waals surface area contributed by atoms with Crippen LogP contribution in [-0.4, -0.2) is 36.4 Å². The van der Waals surface area contributed by atoms with Crippen LogP contribution in [0.3, 0.4) is 0 Å². The zero-order valence-electron chi connectivity index (χ0n) is 13.4. The van der Waals surface area contributed by atoms with Crippen molar-refractivity contribution in [2.75, 3.05) is 13.7 Å². The Morgan fingerprint density at radius 2 is 1.71 bits per heavy atom. The van der Waals surface area contributed by atoms with Crippen molar-refractivity contribution >= 4 is 33.7 Å². The number of carbonyl (C=O) groups is 3. The molecule has 0 amide bonds. The molecule has 6 nitrogen and oxygen atoms in total. The lowest BCUT2D eigenvalue weighted by Crippen LogP contribution is -2.15. The lowest BCUT2D eigenvalue weighted by atomic mass is 10.1. The SMILES string of the molecule is COC(=O)c1c(C)[nH]c(C(=O)OCC(=O)c2ccc(Br)cc2)c1C. The molecule has 24 heavy (non-hydrogen) atoms. The summed E-state index contributed by atoms with van der Waals surface area (Å²) in [5, 5.41) is 0. The van der Waals surface area contributed by atoms with Gasteiger partial charge in [-0.2, -0.15) is 0 Å². The maximum atomic E-state index is 12.2. The summed E-state index contributed by atoms with van der Waals surface area (Å²) in [5.41, 5.74) is 1.81. The topological polar surface area (TPSA) is 85.5 Å². The molecule has 0 fully saturated rings. The van der Waals surface area contributed by atoms with Crippen molar-refractivity contribution in [2.24, 2.45) is 0 Å². The molecule has 0 bridgehead atoms. The summed E-state index contributed by atoms with van der Waals surface area (Å²) in [6.07, 6.45) is 0. The number of H-pyrrole nitrogens is 1. The third kappa shape index (κ3) is 3.73. The van der Waals surface area contributed by atoms with Crippen LogP contribution >= 0.6 is 15.9 Å². The Bertz CT molecular complexity index is 792. The summed E-state index contributed by atoms with van der Waals surface area (Å²) in [7, 11) is 1.27. The highest BCUT2D eigenvalue weighted by atomic mass is 79.9. The lowest BCUT2D eigenvalue weighted by molar-refractivity contribution is 0.0468. The number of hydrogen-bond donors (Lipinski definition) is 1. The first-order valence-corrected chi connectivity index (χ1v) is 7.87. The highest BCUT2D eigenvalue weighted by Crippen LogP contribution is 2.19. The predicted molar refractivity (Wildman–Crippen MR) is 90.4 cm³/mol. The fourth-order valence-electron chi connectivity index (χ4n) is 2.28. The molecule has 0 radical (unpaired) electrons. The van der Waals surface area contributed by atoms with Gasteiger partial charge in [-0.05, 0) is 31.5 Å². The van der Waals surface area contributed by atoms with Crippen molar-refractivity contribution in [3.05, 3.63) is 56.8 Å². The summed E-state index contributed by atoms with van der Waals surface area (Å²) in [6, 6.07) is 6.74. The predicted octanol–water partition coefficient (Wildman–Crippen LogP) is 3.22. The molecule has 1 aromatic carbocycles. The lowest BCUT2D eigenvalue weighted by Gasteiger charge is -2.04. The average molecular weight is 394 g/mol. The largest absolute Gasteiger partial charge is 0.465 e. The quantitative estimate of drug-likeness (QED) is 0.622.